The van der Waals surface area contributed by atoms with E-state index in [0.29, 0.717) is 6.42 Å². The topological polar surface area (TPSA) is 53.4 Å². The maximum atomic E-state index is 8.56. The predicted molar refractivity (Wildman–Crippen MR) is 92.9 cm³/mol. The van der Waals surface area contributed by atoms with Gasteiger partial charge in [-0.25, -0.2) is 11.3 Å². The second-order valence-corrected chi connectivity index (χ2v) is 5.75. The smallest absolute Gasteiger partial charge is 0.0536 e. The molecule has 0 saturated heterocycles. The molecule has 0 radical (unpaired) electrons. The van der Waals surface area contributed by atoms with Gasteiger partial charge >= 0.3 is 0 Å². The molecule has 2 aromatic heterocycles. The van der Waals surface area contributed by atoms with Gasteiger partial charge in [0.05, 0.1) is 12.2 Å². The summed E-state index contributed by atoms with van der Waals surface area (Å²) in [5.74, 6) is 0. The first kappa shape index (κ1) is 21.9. The van der Waals surface area contributed by atoms with Crippen molar-refractivity contribution in [2.24, 2.45) is 0 Å². The molecular formula is C18H22NO2PdS-. The molecule has 0 spiro atoms. The number of fused-ring (bicyclic) bond motifs is 1. The Balaban J connectivity index is 0.000000317. The molecule has 0 aliphatic heterocycles. The van der Waals surface area contributed by atoms with E-state index in [-0.39, 0.29) is 32.6 Å². The van der Waals surface area contributed by atoms with Crippen molar-refractivity contribution in [1.82, 2.24) is 4.98 Å². The first-order valence-electron chi connectivity index (χ1n) is 7.14. The van der Waals surface area contributed by atoms with Crippen LogP contribution >= 0.6 is 11.3 Å². The molecule has 2 heterocycles. The Morgan fingerprint density at radius 2 is 1.61 bits per heavy atom. The molecule has 23 heavy (non-hydrogen) atoms. The van der Waals surface area contributed by atoms with Crippen LogP contribution in [0.2, 0.25) is 0 Å². The van der Waals surface area contributed by atoms with Crippen LogP contribution in [0, 0.1) is 6.07 Å². The third kappa shape index (κ3) is 11.1. The Morgan fingerprint density at radius 1 is 1.00 bits per heavy atom. The fourth-order valence-electron chi connectivity index (χ4n) is 1.65. The molecule has 0 bridgehead atoms. The fourth-order valence-corrected chi connectivity index (χ4v) is 2.38. The minimum atomic E-state index is -0.375. The minimum absolute atomic E-state index is 0. The van der Waals surface area contributed by atoms with Crippen LogP contribution in [-0.2, 0) is 20.4 Å². The van der Waals surface area contributed by atoms with Crippen molar-refractivity contribution in [2.75, 3.05) is 0 Å². The molecule has 0 amide bonds. The van der Waals surface area contributed by atoms with E-state index in [1.165, 1.54) is 10.1 Å². The largest absolute Gasteiger partial charge is 0.393 e. The van der Waals surface area contributed by atoms with Gasteiger partial charge < -0.3 is 10.2 Å². The van der Waals surface area contributed by atoms with Crippen molar-refractivity contribution in [3.05, 3.63) is 66.3 Å². The van der Waals surface area contributed by atoms with Crippen LogP contribution < -0.4 is 0 Å². The van der Waals surface area contributed by atoms with E-state index in [0.717, 1.165) is 0 Å². The van der Waals surface area contributed by atoms with E-state index in [1.54, 1.807) is 37.6 Å². The Morgan fingerprint density at radius 3 is 2.00 bits per heavy atom. The van der Waals surface area contributed by atoms with Crippen LogP contribution in [0.25, 0.3) is 10.1 Å². The quantitative estimate of drug-likeness (QED) is 0.486. The number of nitrogens with zero attached hydrogens (tertiary/aromatic N) is 1. The molecule has 2 atom stereocenters. The summed E-state index contributed by atoms with van der Waals surface area (Å²) in [6.07, 6.45) is 3.22. The van der Waals surface area contributed by atoms with Gasteiger partial charge in [0.1, 0.15) is 0 Å². The van der Waals surface area contributed by atoms with E-state index < -0.39 is 0 Å². The third-order valence-corrected chi connectivity index (χ3v) is 3.38. The van der Waals surface area contributed by atoms with Crippen LogP contribution in [0.5, 0.6) is 0 Å². The molecule has 1 aromatic carbocycles. The number of aliphatic hydroxyl groups is 2. The van der Waals surface area contributed by atoms with Crippen LogP contribution in [0.3, 0.4) is 0 Å². The van der Waals surface area contributed by atoms with Crippen molar-refractivity contribution in [1.29, 1.82) is 0 Å². The monoisotopic (exact) mass is 422 g/mol. The molecule has 3 aromatic rings. The van der Waals surface area contributed by atoms with E-state index in [9.17, 15) is 0 Å². The predicted octanol–water partition coefficient (Wildman–Crippen LogP) is 3.92. The average Bonchev–Trinajstić information content (AvgIpc) is 2.97. The molecule has 3 rings (SSSR count). The Labute approximate surface area is 155 Å². The second-order valence-electron chi connectivity index (χ2n) is 4.83. The fraction of sp³-hybridized carbons (Fsp3) is 0.278. The second kappa shape index (κ2) is 13.4. The van der Waals surface area contributed by atoms with Gasteiger partial charge in [-0.3, -0.25) is 4.98 Å². The summed E-state index contributed by atoms with van der Waals surface area (Å²) >= 11 is 1.73. The summed E-state index contributed by atoms with van der Waals surface area (Å²) in [6.45, 7) is 3.32. The van der Waals surface area contributed by atoms with E-state index in [4.69, 9.17) is 10.2 Å². The number of rotatable bonds is 2. The van der Waals surface area contributed by atoms with Gasteiger partial charge in [-0.05, 0) is 32.4 Å². The number of hydrogen-bond donors (Lipinski definition) is 2. The normalized spacial score (nSPS) is 11.8. The molecule has 2 N–H and O–H groups in total. The van der Waals surface area contributed by atoms with Gasteiger partial charge in [-0.2, -0.15) is 17.5 Å². The molecule has 0 saturated carbocycles. The zero-order valence-electron chi connectivity index (χ0n) is 13.2. The van der Waals surface area contributed by atoms with Gasteiger partial charge in [-0.15, -0.1) is 12.1 Å². The summed E-state index contributed by atoms with van der Waals surface area (Å²) in [7, 11) is 0. The Bertz CT molecular complexity index is 552. The molecule has 3 nitrogen and oxygen atoms in total. The van der Waals surface area contributed by atoms with Crippen molar-refractivity contribution in [3.63, 3.8) is 0 Å². The van der Waals surface area contributed by atoms with E-state index in [2.05, 4.69) is 23.2 Å². The van der Waals surface area contributed by atoms with Crippen LogP contribution in [-0.4, -0.2) is 27.4 Å². The number of hydrogen-bond acceptors (Lipinski definition) is 4. The first-order chi connectivity index (χ1) is 10.6. The molecule has 0 aliphatic carbocycles. The maximum absolute atomic E-state index is 8.56. The van der Waals surface area contributed by atoms with Crippen molar-refractivity contribution in [3.8, 4) is 0 Å². The van der Waals surface area contributed by atoms with Crippen LogP contribution in [0.1, 0.15) is 20.3 Å². The third-order valence-electron chi connectivity index (χ3n) is 2.54. The summed E-state index contributed by atoms with van der Waals surface area (Å²) in [4.78, 5) is 3.78. The molecule has 2 unspecified atom stereocenters. The SMILES string of the molecule is CC(O)CC(C)O.[Pd].[c-]1csc2ccccc12.c1ccncc1. The van der Waals surface area contributed by atoms with E-state index >= 15 is 0 Å². The van der Waals surface area contributed by atoms with Crippen molar-refractivity contribution in [2.45, 2.75) is 32.5 Å². The van der Waals surface area contributed by atoms with Crippen LogP contribution in [0.15, 0.2) is 60.2 Å². The van der Waals surface area contributed by atoms with Gasteiger partial charge in [0, 0.05) is 32.8 Å². The number of thiophene rings is 1. The Hall–Kier alpha value is -1.09. The number of benzene rings is 1. The molecule has 0 fully saturated rings. The molecular weight excluding hydrogens is 401 g/mol. The molecule has 0 aliphatic rings. The van der Waals surface area contributed by atoms with Gasteiger partial charge in [0.15, 0.2) is 0 Å². The molecule has 128 valence electrons. The first-order valence-corrected chi connectivity index (χ1v) is 8.02. The summed E-state index contributed by atoms with van der Waals surface area (Å²) in [6, 6.07) is 17.1. The number of aromatic nitrogens is 1. The number of pyridine rings is 1. The van der Waals surface area contributed by atoms with Crippen molar-refractivity contribution >= 4 is 21.4 Å². The molecule has 5 heteroatoms. The van der Waals surface area contributed by atoms with Gasteiger partial charge in [-0.1, -0.05) is 22.2 Å². The standard InChI is InChI=1S/C8H5S.C5H5N.C5H12O2.Pd/c1-2-4-8-7(3-1)5-6-9-8;1-2-4-6-5-3-1;1-4(6)3-5(2)7;/h1-4,6H;1-5H;4-7H,3H2,1-2H3;/q-1;;;. The maximum Gasteiger partial charge on any atom is 0.0536 e. The number of aliphatic hydroxyl groups excluding tert-OH is 2. The zero-order valence-corrected chi connectivity index (χ0v) is 15.6. The zero-order chi connectivity index (χ0) is 16.2. The summed E-state index contributed by atoms with van der Waals surface area (Å²) in [5.41, 5.74) is 0. The summed E-state index contributed by atoms with van der Waals surface area (Å²) < 4.78 is 1.32. The van der Waals surface area contributed by atoms with Gasteiger partial charge in [0.2, 0.25) is 0 Å². The minimum Gasteiger partial charge on any atom is -0.393 e. The van der Waals surface area contributed by atoms with E-state index in [1.807, 2.05) is 35.7 Å². The summed E-state index contributed by atoms with van der Waals surface area (Å²) in [5, 5.41) is 20.3. The van der Waals surface area contributed by atoms with Gasteiger partial charge in [0.25, 0.3) is 0 Å². The Kier molecular flexibility index (Phi) is 12.7. The van der Waals surface area contributed by atoms with Crippen LogP contribution in [0.4, 0.5) is 0 Å². The average molecular weight is 423 g/mol. The van der Waals surface area contributed by atoms with Crippen molar-refractivity contribution < 1.29 is 30.6 Å².